The summed E-state index contributed by atoms with van der Waals surface area (Å²) >= 11 is 0.683. The first-order valence-corrected chi connectivity index (χ1v) is 45.7. The van der Waals surface area contributed by atoms with E-state index in [1.165, 1.54) is 57.8 Å². The number of rotatable bonds is 26. The second-order valence-corrected chi connectivity index (χ2v) is 35.0. The van der Waals surface area contributed by atoms with Crippen LogP contribution in [0.25, 0.3) is 21.8 Å². The number of imidazole rings is 1. The molecule has 0 radical (unpaired) electrons. The lowest BCUT2D eigenvalue weighted by Gasteiger charge is -2.36. The number of phenolic OH excluding ortho intramolecular Hbond substituents is 1. The quantitative estimate of drug-likeness (QED) is 0.0284. The minimum Gasteiger partial charge on any atom is -0.508 e. The van der Waals surface area contributed by atoms with E-state index in [2.05, 4.69) is 67.8 Å². The second-order valence-electron chi connectivity index (χ2n) is 34.0. The number of carboxylic acids is 3. The average Bonchev–Trinajstić information content (AvgIpc) is 1.66. The van der Waals surface area contributed by atoms with Gasteiger partial charge in [-0.3, -0.25) is 91.1 Å². The molecule has 15 amide bonds. The van der Waals surface area contributed by atoms with Gasteiger partial charge in [0, 0.05) is 137 Å². The zero-order valence-electron chi connectivity index (χ0n) is 75.7. The maximum Gasteiger partial charge on any atom is 0.305 e. The van der Waals surface area contributed by atoms with Crippen molar-refractivity contribution >= 4 is 146 Å². The number of aliphatic hydroxyl groups excluding tert-OH is 2. The summed E-state index contributed by atoms with van der Waals surface area (Å²) in [6.45, 7) is 2.06. The number of aromatic hydroxyl groups is 1. The van der Waals surface area contributed by atoms with E-state index in [0.717, 1.165) is 31.5 Å². The molecule has 9 rings (SSSR count). The number of carbonyl (C=O) groups excluding carboxylic acids is 16. The number of Topliss-reactive ketones (excluding diaryl/α,β-unsaturated/α-hetero) is 1. The number of H-pyrrole nitrogens is 3. The number of hydrogen-bond acceptors (Lipinski definition) is 24. The summed E-state index contributed by atoms with van der Waals surface area (Å²) in [7, 11) is 3.72. The van der Waals surface area contributed by atoms with Crippen molar-refractivity contribution in [3.05, 3.63) is 120 Å². The van der Waals surface area contributed by atoms with Crippen LogP contribution in [0.1, 0.15) is 139 Å². The maximum absolute atomic E-state index is 15.7. The molecule has 730 valence electrons. The van der Waals surface area contributed by atoms with Gasteiger partial charge in [-0.25, -0.2) is 4.98 Å². The molecule has 3 aromatic heterocycles. The first-order valence-electron chi connectivity index (χ1n) is 44.6. The van der Waals surface area contributed by atoms with Gasteiger partial charge in [0.2, 0.25) is 88.6 Å². The van der Waals surface area contributed by atoms with Crippen LogP contribution in [-0.2, 0) is 117 Å². The van der Waals surface area contributed by atoms with E-state index in [0.29, 0.717) is 63.1 Å². The molecule has 44 nitrogen and oxygen atoms in total. The molecule has 0 unspecified atom stereocenters. The van der Waals surface area contributed by atoms with Gasteiger partial charge < -0.3 is 124 Å². The van der Waals surface area contributed by atoms with Gasteiger partial charge in [-0.1, -0.05) is 88.1 Å². The maximum atomic E-state index is 15.7. The molecule has 15 atom stereocenters. The van der Waals surface area contributed by atoms with E-state index in [1.807, 2.05) is 0 Å². The zero-order valence-corrected chi connectivity index (χ0v) is 76.5. The number of aliphatic hydroxyl groups is 2. The topological polar surface area (TPSA) is 656 Å². The molecule has 3 fully saturated rings. The number of unbranched alkanes of at least 4 members (excludes halogenated alkanes) is 2. The molecule has 45 heteroatoms. The Morgan fingerprint density at radius 3 is 1.70 bits per heavy atom. The van der Waals surface area contributed by atoms with Crippen LogP contribution in [0, 0.1) is 5.92 Å². The fourth-order valence-corrected chi connectivity index (χ4v) is 17.5. The number of carboxylic acid groups (broad SMARTS) is 3. The smallest absolute Gasteiger partial charge is 0.305 e. The van der Waals surface area contributed by atoms with Gasteiger partial charge in [0.1, 0.15) is 78.3 Å². The third-order valence-electron chi connectivity index (χ3n) is 24.2. The number of fused-ring (bicyclic) bond motifs is 4. The molecule has 6 heterocycles. The molecule has 6 aromatic rings. The first kappa shape index (κ1) is 105. The van der Waals surface area contributed by atoms with Crippen molar-refractivity contribution in [1.29, 1.82) is 0 Å². The standard InChI is InChI=1S/C90H119N19O25S/c1-7-9-20-68-84(128)98-60(27-29-75(116)117)81(125)104-67(80(124)95-42-73(91)114)45-135-46-74(115)97-63(32-49-23-25-54(111)26-24-49)86(130)105(4)48(3)78(122)101-65(38-77(120)121)89(133)108-31-15-22-69(108)85(129)100-62(36-53-41-92-47-96-53)82(126)99-61(28-30-76(118)119)88(132)109-43-55(112)37-71(109)72(113)35-50(33-51-39-93-58-18-13-11-16-56(51)58)79(123)103-66(44-110)83(127)102-64(34-52-40-94-59-19-14-12-17-57(52)59)87(131)107(6)70(21-10-8-2)90(134)106(68)5/h11-14,16-19,23-26,39-41,47-48,50,55,60-71,93-94,110-112H,7-10,15,20-22,27-38,42-46H2,1-6H3,(H2,91,114)(H,92,96)(H,95,124)(H,97,115)(H,98,128)(H,99,126)(H,100,129)(H,101,122)(H,102,127)(H,103,123)(H,104,125)(H,116,117)(H,118,119)(H,120,121)/t48-,50+,55+,60-,61-,62-,63-,64-,65-,66-,67-,68-,69-,70-,71-/m0/s1. The van der Waals surface area contributed by atoms with Crippen molar-refractivity contribution in [2.45, 2.75) is 227 Å². The van der Waals surface area contributed by atoms with Crippen molar-refractivity contribution in [3.63, 3.8) is 0 Å². The van der Waals surface area contributed by atoms with Crippen LogP contribution in [-0.4, -0.2) is 331 Å². The van der Waals surface area contributed by atoms with E-state index in [4.69, 9.17) is 5.73 Å². The monoisotopic (exact) mass is 1900 g/mol. The number of nitrogens with one attached hydrogen (secondary N) is 12. The Morgan fingerprint density at radius 2 is 1.09 bits per heavy atom. The van der Waals surface area contributed by atoms with Gasteiger partial charge in [0.15, 0.2) is 5.78 Å². The highest BCUT2D eigenvalue weighted by Crippen LogP contribution is 2.30. The molecule has 3 aliphatic heterocycles. The lowest BCUT2D eigenvalue weighted by molar-refractivity contribution is -0.149. The number of ketones is 1. The Bertz CT molecular complexity index is 5280. The number of para-hydroxylation sites is 2. The molecular weight excluding hydrogens is 1780 g/mol. The summed E-state index contributed by atoms with van der Waals surface area (Å²) in [6.07, 6.45) is -1.04. The summed E-state index contributed by atoms with van der Waals surface area (Å²) in [6, 6.07) is -2.59. The summed E-state index contributed by atoms with van der Waals surface area (Å²) in [4.78, 5) is 292. The third kappa shape index (κ3) is 29.1. The van der Waals surface area contributed by atoms with Crippen LogP contribution in [0.3, 0.4) is 0 Å². The van der Waals surface area contributed by atoms with Crippen molar-refractivity contribution in [2.75, 3.05) is 58.9 Å². The van der Waals surface area contributed by atoms with Crippen LogP contribution < -0.4 is 53.6 Å². The summed E-state index contributed by atoms with van der Waals surface area (Å²) in [5.74, 6) is -23.7. The van der Waals surface area contributed by atoms with Gasteiger partial charge in [0.05, 0.1) is 43.8 Å². The molecule has 3 aromatic carbocycles. The molecule has 0 spiro atoms. The number of nitrogens with two attached hydrogens (primary N) is 1. The average molecular weight is 1900 g/mol. The van der Waals surface area contributed by atoms with E-state index >= 15 is 38.4 Å². The van der Waals surface area contributed by atoms with Crippen LogP contribution in [0.5, 0.6) is 5.75 Å². The zero-order chi connectivity index (χ0) is 98.6. The second kappa shape index (κ2) is 49.8. The normalized spacial score (nSPS) is 24.8. The van der Waals surface area contributed by atoms with E-state index < -0.39 is 285 Å². The van der Waals surface area contributed by atoms with Crippen LogP contribution in [0.15, 0.2) is 97.7 Å². The predicted octanol–water partition coefficient (Wildman–Crippen LogP) is -1.82. The van der Waals surface area contributed by atoms with Crippen molar-refractivity contribution < 1.29 is 122 Å². The number of aliphatic carboxylic acids is 3. The number of phenols is 1. The summed E-state index contributed by atoms with van der Waals surface area (Å²) in [5, 5.41) is 87.1. The first-order chi connectivity index (χ1) is 64.3. The molecule has 3 saturated heterocycles. The highest BCUT2D eigenvalue weighted by molar-refractivity contribution is 8.00. The van der Waals surface area contributed by atoms with Crippen molar-refractivity contribution in [1.82, 2.24) is 92.3 Å². The number of thioether (sulfide) groups is 1. The summed E-state index contributed by atoms with van der Waals surface area (Å²) in [5.41, 5.74) is 8.10. The Labute approximate surface area is 780 Å². The molecule has 3 aliphatic rings. The molecule has 0 aliphatic carbocycles. The van der Waals surface area contributed by atoms with E-state index in [1.54, 1.807) is 74.8 Å². The lowest BCUT2D eigenvalue weighted by Crippen LogP contribution is -2.61. The molecular formula is C90H119N19O25S. The number of primary amides is 1. The molecule has 0 bridgehead atoms. The lowest BCUT2D eigenvalue weighted by atomic mass is 9.90. The minimum atomic E-state index is -1.96. The number of nitrogens with zero attached hydrogens (tertiary/aromatic N) is 6. The van der Waals surface area contributed by atoms with Crippen LogP contribution in [0.4, 0.5) is 0 Å². The number of amides is 15. The number of likely N-dealkylation sites (N-methyl/N-ethyl adjacent to an activating group) is 3. The third-order valence-corrected chi connectivity index (χ3v) is 25.2. The SMILES string of the molecule is CCCC[C@H]1C(=O)N(C)[C@@H](CCCC)C(=O)N[C@@H](CCC(=O)O)C(=O)N[C@H](C(=O)NCC(N)=O)CSCC(=O)N[C@@H](Cc2ccc(O)cc2)C(=O)N(C)[C@@H](C)C(=O)N[C@@H](CC(=O)O)C(=O)N2CCC[C@H]2C(=O)N[C@@H](Cc2cnc[nH]2)C(=O)N[C@@H](CCC(=O)O)C(=O)N2C[C@H](O)C[C@H]2C(=O)C[C@@H](Cc2c[nH]c3ccccc23)C(=O)N[C@@H](CO)C(=O)N[C@@H](Cc2c[nH]c3ccccc23)C(=O)N1C. The molecule has 20 N–H and O–H groups in total. The van der Waals surface area contributed by atoms with Crippen LogP contribution >= 0.6 is 11.8 Å². The predicted molar refractivity (Wildman–Crippen MR) is 485 cm³/mol. The largest absolute Gasteiger partial charge is 0.508 e. The Kier molecular flexibility index (Phi) is 38.6. The van der Waals surface area contributed by atoms with Gasteiger partial charge in [0.25, 0.3) is 0 Å². The fraction of sp³-hybridized carbons (Fsp3) is 0.511. The van der Waals surface area contributed by atoms with Crippen molar-refractivity contribution in [2.24, 2.45) is 11.7 Å². The Morgan fingerprint density at radius 1 is 0.541 bits per heavy atom. The van der Waals surface area contributed by atoms with Crippen molar-refractivity contribution in [3.8, 4) is 5.75 Å². The highest BCUT2D eigenvalue weighted by Gasteiger charge is 2.47. The minimum absolute atomic E-state index is 0.0625. The Hall–Kier alpha value is -13.9. The van der Waals surface area contributed by atoms with Gasteiger partial charge in [-0.2, -0.15) is 0 Å². The fourth-order valence-electron chi connectivity index (χ4n) is 16.6. The van der Waals surface area contributed by atoms with E-state index in [-0.39, 0.29) is 75.8 Å². The number of carbonyl (C=O) groups is 19. The summed E-state index contributed by atoms with van der Waals surface area (Å²) < 4.78 is 0. The Balaban J connectivity index is 1.10. The van der Waals surface area contributed by atoms with Gasteiger partial charge >= 0.3 is 17.9 Å². The number of aromatic amines is 3. The number of aromatic nitrogens is 4. The van der Waals surface area contributed by atoms with Gasteiger partial charge in [-0.15, -0.1) is 11.8 Å². The van der Waals surface area contributed by atoms with Crippen LogP contribution in [0.2, 0.25) is 0 Å². The number of hydrogen-bond donors (Lipinski definition) is 19. The van der Waals surface area contributed by atoms with Gasteiger partial charge in [-0.05, 0) is 92.8 Å². The van der Waals surface area contributed by atoms with E-state index in [9.17, 15) is 83.4 Å². The molecule has 0 saturated carbocycles. The number of benzene rings is 3. The highest BCUT2D eigenvalue weighted by atomic mass is 32.2. The molecule has 135 heavy (non-hydrogen) atoms.